The Morgan fingerprint density at radius 2 is 1.75 bits per heavy atom. The lowest BCUT2D eigenvalue weighted by molar-refractivity contribution is -0.117. The third-order valence-corrected chi connectivity index (χ3v) is 7.97. The summed E-state index contributed by atoms with van der Waals surface area (Å²) in [4.78, 5) is 38.8. The minimum atomic E-state index is -4.06. The summed E-state index contributed by atoms with van der Waals surface area (Å²) < 4.78 is 27.4. The zero-order chi connectivity index (χ0) is 26.8. The van der Waals surface area contributed by atoms with E-state index < -0.39 is 34.0 Å². The van der Waals surface area contributed by atoms with Crippen LogP contribution < -0.4 is 10.0 Å². The van der Waals surface area contributed by atoms with E-state index in [1.165, 1.54) is 19.2 Å². The van der Waals surface area contributed by atoms with E-state index in [0.29, 0.717) is 32.1 Å². The van der Waals surface area contributed by atoms with Crippen molar-refractivity contribution in [2.24, 2.45) is 0 Å². The Morgan fingerprint density at radius 1 is 1.11 bits per heavy atom. The summed E-state index contributed by atoms with van der Waals surface area (Å²) in [7, 11) is -2.76. The Labute approximate surface area is 217 Å². The second-order valence-electron chi connectivity index (χ2n) is 8.14. The fourth-order valence-corrected chi connectivity index (χ4v) is 5.03. The summed E-state index contributed by atoms with van der Waals surface area (Å²) in [5.41, 5.74) is 2.08. The van der Waals surface area contributed by atoms with Gasteiger partial charge in [-0.1, -0.05) is 35.3 Å². The maximum atomic E-state index is 13.3. The van der Waals surface area contributed by atoms with Crippen LogP contribution >= 0.6 is 23.2 Å². The van der Waals surface area contributed by atoms with E-state index in [-0.39, 0.29) is 24.2 Å². The van der Waals surface area contributed by atoms with Crippen LogP contribution in [-0.2, 0) is 15.0 Å². The number of fused-ring (bicyclic) bond motifs is 1. The molecule has 192 valence electrons. The average molecular weight is 555 g/mol. The van der Waals surface area contributed by atoms with Crippen LogP contribution in [0.3, 0.4) is 0 Å². The van der Waals surface area contributed by atoms with Crippen LogP contribution in [0.2, 0.25) is 10.0 Å². The summed E-state index contributed by atoms with van der Waals surface area (Å²) in [5.74, 6) is -2.31. The number of aromatic nitrogens is 1. The first-order chi connectivity index (χ1) is 16.8. The number of carboxylic acid groups (broad SMARTS) is 1. The lowest BCUT2D eigenvalue weighted by atomic mass is 10.0. The number of benzene rings is 2. The zero-order valence-electron chi connectivity index (χ0n) is 19.6. The molecule has 0 radical (unpaired) electrons. The van der Waals surface area contributed by atoms with Crippen molar-refractivity contribution in [2.75, 3.05) is 13.6 Å². The number of aromatic amines is 1. The van der Waals surface area contributed by atoms with Crippen molar-refractivity contribution in [3.63, 3.8) is 0 Å². The lowest BCUT2D eigenvalue weighted by Crippen LogP contribution is -2.42. The Balaban J connectivity index is 1.91. The lowest BCUT2D eigenvalue weighted by Gasteiger charge is -2.23. The molecular weight excluding hydrogens is 531 g/mol. The van der Waals surface area contributed by atoms with Gasteiger partial charge >= 0.3 is 16.2 Å². The Hall–Kier alpha value is -3.12. The average Bonchev–Trinajstić information content (AvgIpc) is 3.15. The molecule has 0 bridgehead atoms. The molecule has 2 aromatic carbocycles. The Kier molecular flexibility index (Phi) is 8.29. The molecule has 1 unspecified atom stereocenters. The van der Waals surface area contributed by atoms with E-state index in [2.05, 4.69) is 10.3 Å². The number of amides is 2. The predicted octanol–water partition coefficient (Wildman–Crippen LogP) is 3.66. The molecule has 1 atom stereocenters. The SMILES string of the molecule is CC(=O)NS(=O)(=O)N(C)CCC(NC(=O)c1[nH]c2ccc(Cl)c(Cl)c2c1C)c1ccc(C(=O)O)cc1. The smallest absolute Gasteiger partial charge is 0.335 e. The van der Waals surface area contributed by atoms with Crippen LogP contribution in [0.1, 0.15) is 51.4 Å². The molecule has 0 fully saturated rings. The second kappa shape index (κ2) is 10.9. The number of nitrogens with one attached hydrogen (secondary N) is 3. The topological polar surface area (TPSA) is 149 Å². The fraction of sp³-hybridized carbons (Fsp3) is 0.261. The second-order valence-corrected chi connectivity index (χ2v) is 10.7. The largest absolute Gasteiger partial charge is 0.478 e. The molecule has 36 heavy (non-hydrogen) atoms. The van der Waals surface area contributed by atoms with Gasteiger partial charge in [0.2, 0.25) is 5.91 Å². The molecule has 0 saturated carbocycles. The van der Waals surface area contributed by atoms with Crippen LogP contribution in [0.4, 0.5) is 0 Å². The molecule has 0 aliphatic carbocycles. The molecule has 1 aromatic heterocycles. The summed E-state index contributed by atoms with van der Waals surface area (Å²) in [6, 6.07) is 8.51. The number of halogens is 2. The molecular formula is C23H24Cl2N4O6S. The standard InChI is InChI=1S/C23H24Cl2N4O6S/c1-12-19-18(9-8-16(24)20(19)25)26-21(12)22(31)27-17(14-4-6-15(7-5-14)23(32)33)10-11-29(3)36(34,35)28-13(2)30/h4-9,17,26H,10-11H2,1-3H3,(H,27,31)(H,28,30)(H,32,33). The highest BCUT2D eigenvalue weighted by Crippen LogP contribution is 2.34. The number of aryl methyl sites for hydroxylation is 1. The fourth-order valence-electron chi connectivity index (χ4n) is 3.70. The minimum absolute atomic E-state index is 0.0542. The summed E-state index contributed by atoms with van der Waals surface area (Å²) in [6.07, 6.45) is 0.124. The van der Waals surface area contributed by atoms with E-state index >= 15 is 0 Å². The van der Waals surface area contributed by atoms with Gasteiger partial charge in [0.05, 0.1) is 21.7 Å². The summed E-state index contributed by atoms with van der Waals surface area (Å²) >= 11 is 12.4. The van der Waals surface area contributed by atoms with Gasteiger partial charge in [0.15, 0.2) is 0 Å². The van der Waals surface area contributed by atoms with Gasteiger partial charge in [0, 0.05) is 31.4 Å². The first-order valence-electron chi connectivity index (χ1n) is 10.7. The van der Waals surface area contributed by atoms with Crippen molar-refractivity contribution in [3.05, 3.63) is 68.8 Å². The van der Waals surface area contributed by atoms with Gasteiger partial charge in [-0.05, 0) is 48.7 Å². The molecule has 0 spiro atoms. The van der Waals surface area contributed by atoms with Gasteiger partial charge in [-0.25, -0.2) is 9.52 Å². The monoisotopic (exact) mass is 554 g/mol. The Bertz CT molecular complexity index is 1440. The number of aromatic carboxylic acids is 1. The number of carbonyl (C=O) groups is 3. The highest BCUT2D eigenvalue weighted by atomic mass is 35.5. The highest BCUT2D eigenvalue weighted by Gasteiger charge is 2.24. The third kappa shape index (κ3) is 5.98. The van der Waals surface area contributed by atoms with Crippen molar-refractivity contribution in [1.82, 2.24) is 19.3 Å². The number of hydrogen-bond donors (Lipinski definition) is 4. The summed E-state index contributed by atoms with van der Waals surface area (Å²) in [5, 5.41) is 13.3. The quantitative estimate of drug-likeness (QED) is 0.317. The van der Waals surface area contributed by atoms with Crippen LogP contribution in [0.25, 0.3) is 10.9 Å². The highest BCUT2D eigenvalue weighted by molar-refractivity contribution is 7.87. The van der Waals surface area contributed by atoms with Crippen molar-refractivity contribution < 1.29 is 27.9 Å². The molecule has 0 saturated heterocycles. The van der Waals surface area contributed by atoms with Gasteiger partial charge in [-0.2, -0.15) is 12.7 Å². The van der Waals surface area contributed by atoms with Crippen LogP contribution in [0, 0.1) is 6.92 Å². The molecule has 13 heteroatoms. The van der Waals surface area contributed by atoms with Gasteiger partial charge in [0.1, 0.15) is 5.69 Å². The van der Waals surface area contributed by atoms with E-state index in [9.17, 15) is 27.9 Å². The molecule has 2 amide bonds. The maximum Gasteiger partial charge on any atom is 0.335 e. The first-order valence-corrected chi connectivity index (χ1v) is 12.9. The van der Waals surface area contributed by atoms with Crippen LogP contribution in [-0.4, -0.2) is 54.2 Å². The van der Waals surface area contributed by atoms with E-state index in [1.54, 1.807) is 31.2 Å². The number of rotatable bonds is 9. The molecule has 4 N–H and O–H groups in total. The zero-order valence-corrected chi connectivity index (χ0v) is 21.9. The van der Waals surface area contributed by atoms with Crippen LogP contribution in [0.15, 0.2) is 36.4 Å². The van der Waals surface area contributed by atoms with Crippen molar-refractivity contribution in [1.29, 1.82) is 0 Å². The number of carbonyl (C=O) groups excluding carboxylic acids is 2. The van der Waals surface area contributed by atoms with E-state index in [1.807, 2.05) is 4.72 Å². The maximum absolute atomic E-state index is 13.3. The molecule has 10 nitrogen and oxygen atoms in total. The minimum Gasteiger partial charge on any atom is -0.478 e. The van der Waals surface area contributed by atoms with Gasteiger partial charge in [-0.15, -0.1) is 0 Å². The summed E-state index contributed by atoms with van der Waals surface area (Å²) in [6.45, 7) is 2.75. The number of nitrogens with zero attached hydrogens (tertiary/aromatic N) is 1. The molecule has 3 aromatic rings. The predicted molar refractivity (Wildman–Crippen MR) is 137 cm³/mol. The number of H-pyrrole nitrogens is 1. The third-order valence-electron chi connectivity index (χ3n) is 5.61. The van der Waals surface area contributed by atoms with Crippen LogP contribution in [0.5, 0.6) is 0 Å². The van der Waals surface area contributed by atoms with E-state index in [4.69, 9.17) is 23.2 Å². The molecule has 1 heterocycles. The number of carboxylic acids is 1. The van der Waals surface area contributed by atoms with Crippen molar-refractivity contribution >= 4 is 62.1 Å². The first kappa shape index (κ1) is 27.5. The molecule has 0 aliphatic heterocycles. The number of hydrogen-bond acceptors (Lipinski definition) is 5. The van der Waals surface area contributed by atoms with Gasteiger partial charge in [-0.3, -0.25) is 9.59 Å². The van der Waals surface area contributed by atoms with E-state index in [0.717, 1.165) is 11.2 Å². The van der Waals surface area contributed by atoms with Gasteiger partial charge in [0.25, 0.3) is 5.91 Å². The molecule has 3 rings (SSSR count). The van der Waals surface area contributed by atoms with Gasteiger partial charge < -0.3 is 15.4 Å². The molecule has 0 aliphatic rings. The van der Waals surface area contributed by atoms with Crippen molar-refractivity contribution in [2.45, 2.75) is 26.3 Å². The normalized spacial score (nSPS) is 12.5. The Morgan fingerprint density at radius 3 is 2.33 bits per heavy atom. The van der Waals surface area contributed by atoms with Crippen molar-refractivity contribution in [3.8, 4) is 0 Å².